The quantitative estimate of drug-likeness (QED) is 0.734. The van der Waals surface area contributed by atoms with Gasteiger partial charge in [0.1, 0.15) is 5.82 Å². The first-order chi connectivity index (χ1) is 6.83. The van der Waals surface area contributed by atoms with E-state index >= 15 is 0 Å². The number of nitrogens with zero attached hydrogens (tertiary/aromatic N) is 2. The van der Waals surface area contributed by atoms with Crippen molar-refractivity contribution in [2.75, 3.05) is 7.11 Å². The van der Waals surface area contributed by atoms with Crippen LogP contribution in [0.3, 0.4) is 0 Å². The molecule has 0 amide bonds. The Morgan fingerprint density at radius 1 is 1.43 bits per heavy atom. The van der Waals surface area contributed by atoms with Crippen molar-refractivity contribution in [1.29, 1.82) is 0 Å². The van der Waals surface area contributed by atoms with Crippen molar-refractivity contribution in [2.24, 2.45) is 0 Å². The van der Waals surface area contributed by atoms with Crippen LogP contribution in [0.5, 0.6) is 5.88 Å². The Morgan fingerprint density at radius 2 is 2.21 bits per heavy atom. The molecular formula is C11H16N2O. The predicted molar refractivity (Wildman–Crippen MR) is 54.6 cm³/mol. The van der Waals surface area contributed by atoms with E-state index in [2.05, 4.69) is 16.9 Å². The second-order valence-electron chi connectivity index (χ2n) is 3.78. The van der Waals surface area contributed by atoms with Gasteiger partial charge in [-0.25, -0.2) is 4.98 Å². The Bertz CT molecular complexity index is 321. The molecule has 1 fully saturated rings. The summed E-state index contributed by atoms with van der Waals surface area (Å²) >= 11 is 0. The number of aryl methyl sites for hydroxylation is 1. The third-order valence-corrected chi connectivity index (χ3v) is 2.45. The number of methoxy groups -OCH3 is 1. The molecule has 1 aliphatic rings. The summed E-state index contributed by atoms with van der Waals surface area (Å²) in [6.07, 6.45) is 4.56. The van der Waals surface area contributed by atoms with Gasteiger partial charge in [-0.3, -0.25) is 0 Å². The molecule has 1 aromatic heterocycles. The highest BCUT2D eigenvalue weighted by Crippen LogP contribution is 2.39. The molecule has 0 saturated heterocycles. The standard InChI is InChI=1S/C11H16N2O/c1-3-4-10-12-9(8-5-6-8)7-11(13-10)14-2/h7-8H,3-6H2,1-2H3. The van der Waals surface area contributed by atoms with Crippen LogP contribution in [0.15, 0.2) is 6.07 Å². The number of hydrogen-bond acceptors (Lipinski definition) is 3. The maximum absolute atomic E-state index is 5.17. The summed E-state index contributed by atoms with van der Waals surface area (Å²) in [5.74, 6) is 2.31. The molecule has 0 radical (unpaired) electrons. The monoisotopic (exact) mass is 192 g/mol. The lowest BCUT2D eigenvalue weighted by Gasteiger charge is -2.05. The molecule has 2 rings (SSSR count). The molecule has 1 heterocycles. The predicted octanol–water partition coefficient (Wildman–Crippen LogP) is 2.32. The van der Waals surface area contributed by atoms with Crippen LogP contribution in [0, 0.1) is 0 Å². The summed E-state index contributed by atoms with van der Waals surface area (Å²) in [4.78, 5) is 8.86. The smallest absolute Gasteiger partial charge is 0.216 e. The number of hydrogen-bond donors (Lipinski definition) is 0. The first-order valence-corrected chi connectivity index (χ1v) is 5.25. The Morgan fingerprint density at radius 3 is 2.79 bits per heavy atom. The van der Waals surface area contributed by atoms with Crippen molar-refractivity contribution in [3.63, 3.8) is 0 Å². The molecule has 0 aromatic carbocycles. The molecule has 1 aliphatic carbocycles. The second kappa shape index (κ2) is 3.95. The fourth-order valence-electron chi connectivity index (χ4n) is 1.52. The molecule has 0 atom stereocenters. The Hall–Kier alpha value is -1.12. The van der Waals surface area contributed by atoms with Crippen molar-refractivity contribution >= 4 is 0 Å². The summed E-state index contributed by atoms with van der Waals surface area (Å²) in [5, 5.41) is 0. The van der Waals surface area contributed by atoms with E-state index in [1.54, 1.807) is 7.11 Å². The Kier molecular flexibility index (Phi) is 2.66. The van der Waals surface area contributed by atoms with E-state index in [9.17, 15) is 0 Å². The van der Waals surface area contributed by atoms with Gasteiger partial charge in [-0.1, -0.05) is 6.92 Å². The van der Waals surface area contributed by atoms with E-state index in [0.717, 1.165) is 18.7 Å². The highest BCUT2D eigenvalue weighted by atomic mass is 16.5. The van der Waals surface area contributed by atoms with Crippen LogP contribution in [0.4, 0.5) is 0 Å². The van der Waals surface area contributed by atoms with Crippen molar-refractivity contribution < 1.29 is 4.74 Å². The molecule has 3 heteroatoms. The minimum absolute atomic E-state index is 0.669. The summed E-state index contributed by atoms with van der Waals surface area (Å²) < 4.78 is 5.17. The number of rotatable bonds is 4. The van der Waals surface area contributed by atoms with Gasteiger partial charge in [-0.05, 0) is 19.3 Å². The minimum Gasteiger partial charge on any atom is -0.481 e. The summed E-state index contributed by atoms with van der Waals surface area (Å²) in [6, 6.07) is 1.97. The van der Waals surface area contributed by atoms with E-state index in [1.165, 1.54) is 18.5 Å². The minimum atomic E-state index is 0.669. The van der Waals surface area contributed by atoms with Crippen LogP contribution in [-0.4, -0.2) is 17.1 Å². The van der Waals surface area contributed by atoms with Crippen molar-refractivity contribution in [1.82, 2.24) is 9.97 Å². The van der Waals surface area contributed by atoms with Gasteiger partial charge in [0.2, 0.25) is 5.88 Å². The van der Waals surface area contributed by atoms with E-state index in [4.69, 9.17) is 4.74 Å². The van der Waals surface area contributed by atoms with E-state index in [1.807, 2.05) is 6.07 Å². The fourth-order valence-corrected chi connectivity index (χ4v) is 1.52. The van der Waals surface area contributed by atoms with Gasteiger partial charge >= 0.3 is 0 Å². The lowest BCUT2D eigenvalue weighted by Crippen LogP contribution is -2.00. The van der Waals surface area contributed by atoms with Gasteiger partial charge < -0.3 is 4.74 Å². The van der Waals surface area contributed by atoms with Crippen LogP contribution in [-0.2, 0) is 6.42 Å². The van der Waals surface area contributed by atoms with Gasteiger partial charge in [0.05, 0.1) is 12.8 Å². The molecule has 0 aliphatic heterocycles. The Labute approximate surface area is 84.5 Å². The zero-order valence-corrected chi connectivity index (χ0v) is 8.79. The van der Waals surface area contributed by atoms with Crippen LogP contribution in [0.1, 0.15) is 43.6 Å². The SMILES string of the molecule is CCCc1nc(OC)cc(C2CC2)n1. The van der Waals surface area contributed by atoms with Crippen LogP contribution in [0.2, 0.25) is 0 Å². The highest BCUT2D eigenvalue weighted by molar-refractivity contribution is 5.22. The average Bonchev–Trinajstić information content (AvgIpc) is 3.01. The first-order valence-electron chi connectivity index (χ1n) is 5.25. The van der Waals surface area contributed by atoms with Gasteiger partial charge in [-0.2, -0.15) is 4.98 Å². The van der Waals surface area contributed by atoms with E-state index < -0.39 is 0 Å². The maximum Gasteiger partial charge on any atom is 0.216 e. The van der Waals surface area contributed by atoms with Gasteiger partial charge in [0, 0.05) is 18.4 Å². The lowest BCUT2D eigenvalue weighted by molar-refractivity contribution is 0.393. The molecule has 1 saturated carbocycles. The van der Waals surface area contributed by atoms with Gasteiger partial charge in [0.15, 0.2) is 0 Å². The van der Waals surface area contributed by atoms with Gasteiger partial charge in [-0.15, -0.1) is 0 Å². The summed E-state index contributed by atoms with van der Waals surface area (Å²) in [7, 11) is 1.66. The topological polar surface area (TPSA) is 35.0 Å². The third-order valence-electron chi connectivity index (χ3n) is 2.45. The largest absolute Gasteiger partial charge is 0.481 e. The fraction of sp³-hybridized carbons (Fsp3) is 0.636. The lowest BCUT2D eigenvalue weighted by atomic mass is 10.2. The van der Waals surface area contributed by atoms with E-state index in [0.29, 0.717) is 11.8 Å². The normalized spacial score (nSPS) is 15.6. The van der Waals surface area contributed by atoms with Gasteiger partial charge in [0.25, 0.3) is 0 Å². The molecule has 3 nitrogen and oxygen atoms in total. The number of ether oxygens (including phenoxy) is 1. The Balaban J connectivity index is 2.26. The molecular weight excluding hydrogens is 176 g/mol. The van der Waals surface area contributed by atoms with Crippen LogP contribution in [0.25, 0.3) is 0 Å². The molecule has 0 unspecified atom stereocenters. The summed E-state index contributed by atoms with van der Waals surface area (Å²) in [5.41, 5.74) is 1.17. The molecule has 0 N–H and O–H groups in total. The van der Waals surface area contributed by atoms with Crippen LogP contribution >= 0.6 is 0 Å². The van der Waals surface area contributed by atoms with Crippen molar-refractivity contribution in [3.8, 4) is 5.88 Å². The summed E-state index contributed by atoms with van der Waals surface area (Å²) in [6.45, 7) is 2.14. The average molecular weight is 192 g/mol. The van der Waals surface area contributed by atoms with Crippen LogP contribution < -0.4 is 4.74 Å². The molecule has 0 bridgehead atoms. The first kappa shape index (κ1) is 9.44. The second-order valence-corrected chi connectivity index (χ2v) is 3.78. The van der Waals surface area contributed by atoms with E-state index in [-0.39, 0.29) is 0 Å². The molecule has 76 valence electrons. The number of aromatic nitrogens is 2. The third kappa shape index (κ3) is 2.03. The maximum atomic E-state index is 5.17. The van der Waals surface area contributed by atoms with Crippen molar-refractivity contribution in [2.45, 2.75) is 38.5 Å². The molecule has 14 heavy (non-hydrogen) atoms. The molecule has 0 spiro atoms. The highest BCUT2D eigenvalue weighted by Gasteiger charge is 2.26. The van der Waals surface area contributed by atoms with Crippen molar-refractivity contribution in [3.05, 3.63) is 17.6 Å². The molecule has 1 aromatic rings. The zero-order chi connectivity index (χ0) is 9.97. The zero-order valence-electron chi connectivity index (χ0n) is 8.79.